The Balaban J connectivity index is 2.66. The first kappa shape index (κ1) is 12.5. The van der Waals surface area contributed by atoms with E-state index >= 15 is 0 Å². The van der Waals surface area contributed by atoms with Crippen molar-refractivity contribution in [2.45, 2.75) is 13.8 Å². The van der Waals surface area contributed by atoms with Crippen LogP contribution < -0.4 is 4.72 Å². The van der Waals surface area contributed by atoms with Crippen LogP contribution in [0.4, 0.5) is 5.82 Å². The molecule has 16 heavy (non-hydrogen) atoms. The number of anilines is 1. The van der Waals surface area contributed by atoms with Gasteiger partial charge in [0.15, 0.2) is 5.75 Å². The number of nitrogens with zero attached hydrogens (tertiary/aromatic N) is 1. The second-order valence-corrected chi connectivity index (χ2v) is 4.82. The Morgan fingerprint density at radius 1 is 1.62 bits per heavy atom. The third-order valence-electron chi connectivity index (χ3n) is 1.70. The topological polar surface area (TPSA) is 101 Å². The average molecular weight is 247 g/mol. The van der Waals surface area contributed by atoms with Crippen LogP contribution in [0.2, 0.25) is 0 Å². The summed E-state index contributed by atoms with van der Waals surface area (Å²) in [5, 5.41) is 6.13. The van der Waals surface area contributed by atoms with Gasteiger partial charge in [-0.25, -0.2) is 8.42 Å². The van der Waals surface area contributed by atoms with Gasteiger partial charge in [-0.2, -0.15) is 5.10 Å². The van der Waals surface area contributed by atoms with Crippen LogP contribution in [0, 0.1) is 6.92 Å². The molecule has 0 aliphatic rings. The molecule has 0 atom stereocenters. The van der Waals surface area contributed by atoms with E-state index in [1.807, 2.05) is 0 Å². The molecule has 0 bridgehead atoms. The monoisotopic (exact) mass is 247 g/mol. The van der Waals surface area contributed by atoms with Gasteiger partial charge in [0.25, 0.3) is 0 Å². The first-order chi connectivity index (χ1) is 7.44. The second kappa shape index (κ2) is 4.97. The Morgan fingerprint density at radius 2 is 2.31 bits per heavy atom. The highest BCUT2D eigenvalue weighted by molar-refractivity contribution is 7.93. The maximum absolute atomic E-state index is 11.5. The maximum Gasteiger partial charge on any atom is 0.323 e. The molecule has 0 spiro atoms. The number of carbonyl (C=O) groups is 1. The number of hydrogen-bond acceptors (Lipinski definition) is 5. The van der Waals surface area contributed by atoms with Crippen molar-refractivity contribution >= 4 is 21.8 Å². The lowest BCUT2D eigenvalue weighted by molar-refractivity contribution is -0.139. The Labute approximate surface area is 93.2 Å². The fourth-order valence-corrected chi connectivity index (χ4v) is 1.98. The molecule has 0 amide bonds. The average Bonchev–Trinajstić information content (AvgIpc) is 2.50. The summed E-state index contributed by atoms with van der Waals surface area (Å²) < 4.78 is 29.7. The summed E-state index contributed by atoms with van der Waals surface area (Å²) in [5.41, 5.74) is 0.646. The van der Waals surface area contributed by atoms with Crippen LogP contribution in [0.1, 0.15) is 12.5 Å². The molecule has 0 saturated heterocycles. The largest absolute Gasteiger partial charge is 0.465 e. The summed E-state index contributed by atoms with van der Waals surface area (Å²) in [6.45, 7) is 3.44. The molecule has 0 saturated carbocycles. The molecule has 2 N–H and O–H groups in total. The molecule has 90 valence electrons. The highest BCUT2D eigenvalue weighted by Gasteiger charge is 2.18. The van der Waals surface area contributed by atoms with Crippen LogP contribution in [0.25, 0.3) is 0 Å². The van der Waals surface area contributed by atoms with E-state index in [0.717, 1.165) is 0 Å². The Bertz CT molecular complexity index is 465. The van der Waals surface area contributed by atoms with E-state index in [4.69, 9.17) is 0 Å². The number of hydrogen-bond donors (Lipinski definition) is 2. The van der Waals surface area contributed by atoms with Crippen LogP contribution >= 0.6 is 0 Å². The summed E-state index contributed by atoms with van der Waals surface area (Å²) in [4.78, 5) is 11.0. The van der Waals surface area contributed by atoms with Gasteiger partial charge < -0.3 is 4.74 Å². The van der Waals surface area contributed by atoms with E-state index in [-0.39, 0.29) is 12.4 Å². The molecule has 0 aliphatic carbocycles. The lowest BCUT2D eigenvalue weighted by Gasteiger charge is -2.06. The first-order valence-electron chi connectivity index (χ1n) is 4.60. The molecule has 8 heteroatoms. The predicted octanol–water partition coefficient (Wildman–Crippen LogP) is 0.0229. The van der Waals surface area contributed by atoms with Gasteiger partial charge >= 0.3 is 5.97 Å². The van der Waals surface area contributed by atoms with Crippen LogP contribution in [0.15, 0.2) is 6.20 Å². The number of H-pyrrole nitrogens is 1. The van der Waals surface area contributed by atoms with Gasteiger partial charge in [0.05, 0.1) is 12.8 Å². The van der Waals surface area contributed by atoms with Crippen molar-refractivity contribution in [2.24, 2.45) is 0 Å². The first-order valence-corrected chi connectivity index (χ1v) is 6.26. The lowest BCUT2D eigenvalue weighted by atomic mass is 10.4. The molecular weight excluding hydrogens is 234 g/mol. The molecule has 1 rings (SSSR count). The molecular formula is C8H13N3O4S. The van der Waals surface area contributed by atoms with Crippen LogP contribution in [0.5, 0.6) is 0 Å². The van der Waals surface area contributed by atoms with E-state index < -0.39 is 21.7 Å². The Hall–Kier alpha value is -1.57. The van der Waals surface area contributed by atoms with Crippen molar-refractivity contribution in [1.29, 1.82) is 0 Å². The van der Waals surface area contributed by atoms with Crippen molar-refractivity contribution in [1.82, 2.24) is 10.2 Å². The maximum atomic E-state index is 11.5. The van der Waals surface area contributed by atoms with Gasteiger partial charge in [0, 0.05) is 5.56 Å². The molecule has 0 aliphatic heterocycles. The van der Waals surface area contributed by atoms with E-state index in [2.05, 4.69) is 19.7 Å². The standard InChI is InChI=1S/C8H13N3O4S/c1-3-15-7(12)5-16(13,14)11-8-6(2)4-9-10-8/h4H,3,5H2,1-2H3,(H2,9,10,11). The Kier molecular flexibility index (Phi) is 3.88. The summed E-state index contributed by atoms with van der Waals surface area (Å²) >= 11 is 0. The quantitative estimate of drug-likeness (QED) is 0.714. The second-order valence-electron chi connectivity index (χ2n) is 3.09. The Morgan fingerprint density at radius 3 is 2.81 bits per heavy atom. The third-order valence-corrected chi connectivity index (χ3v) is 2.83. The minimum atomic E-state index is -3.74. The van der Waals surface area contributed by atoms with Crippen molar-refractivity contribution in [3.8, 4) is 0 Å². The zero-order chi connectivity index (χ0) is 12.2. The molecule has 1 heterocycles. The summed E-state index contributed by atoms with van der Waals surface area (Å²) in [6, 6.07) is 0. The highest BCUT2D eigenvalue weighted by atomic mass is 32.2. The molecule has 0 radical (unpaired) electrons. The van der Waals surface area contributed by atoms with Crippen LogP contribution in [0.3, 0.4) is 0 Å². The number of ether oxygens (including phenoxy) is 1. The fourth-order valence-electron chi connectivity index (χ4n) is 0.999. The highest BCUT2D eigenvalue weighted by Crippen LogP contribution is 2.10. The van der Waals surface area contributed by atoms with Gasteiger partial charge in [0.1, 0.15) is 5.82 Å². The van der Waals surface area contributed by atoms with Crippen molar-refractivity contribution in [3.63, 3.8) is 0 Å². The van der Waals surface area contributed by atoms with E-state index in [9.17, 15) is 13.2 Å². The van der Waals surface area contributed by atoms with Gasteiger partial charge in [-0.15, -0.1) is 0 Å². The number of aromatic nitrogens is 2. The fraction of sp³-hybridized carbons (Fsp3) is 0.500. The molecule has 1 aromatic heterocycles. The van der Waals surface area contributed by atoms with E-state index in [1.54, 1.807) is 13.8 Å². The molecule has 0 fully saturated rings. The number of aromatic amines is 1. The predicted molar refractivity (Wildman–Crippen MR) is 57.4 cm³/mol. The SMILES string of the molecule is CCOC(=O)CS(=O)(=O)Nc1[nH]ncc1C. The van der Waals surface area contributed by atoms with Crippen LogP contribution in [-0.4, -0.2) is 36.9 Å². The molecule has 0 unspecified atom stereocenters. The zero-order valence-corrected chi connectivity index (χ0v) is 9.80. The molecule has 1 aromatic rings. The van der Waals surface area contributed by atoms with Crippen molar-refractivity contribution in [2.75, 3.05) is 17.1 Å². The summed E-state index contributed by atoms with van der Waals surface area (Å²) in [5.74, 6) is -1.24. The van der Waals surface area contributed by atoms with Gasteiger partial charge in [0.2, 0.25) is 10.0 Å². The van der Waals surface area contributed by atoms with Crippen LogP contribution in [-0.2, 0) is 19.6 Å². The van der Waals surface area contributed by atoms with Gasteiger partial charge in [-0.3, -0.25) is 14.6 Å². The van der Waals surface area contributed by atoms with E-state index in [0.29, 0.717) is 5.56 Å². The number of rotatable bonds is 5. The lowest BCUT2D eigenvalue weighted by Crippen LogP contribution is -2.24. The number of nitrogens with one attached hydrogen (secondary N) is 2. The minimum absolute atomic E-state index is 0.150. The molecule has 0 aromatic carbocycles. The smallest absolute Gasteiger partial charge is 0.323 e. The zero-order valence-electron chi connectivity index (χ0n) is 8.98. The van der Waals surface area contributed by atoms with Gasteiger partial charge in [-0.1, -0.05) is 0 Å². The molecule has 7 nitrogen and oxygen atoms in total. The van der Waals surface area contributed by atoms with E-state index in [1.165, 1.54) is 6.20 Å². The van der Waals surface area contributed by atoms with Crippen molar-refractivity contribution < 1.29 is 17.9 Å². The normalized spacial score (nSPS) is 11.1. The summed E-state index contributed by atoms with van der Waals surface area (Å²) in [7, 11) is -3.74. The number of aryl methyl sites for hydroxylation is 1. The van der Waals surface area contributed by atoms with Gasteiger partial charge in [-0.05, 0) is 13.8 Å². The third kappa shape index (κ3) is 3.54. The minimum Gasteiger partial charge on any atom is -0.465 e. The number of esters is 1. The van der Waals surface area contributed by atoms with Crippen molar-refractivity contribution in [3.05, 3.63) is 11.8 Å². The summed E-state index contributed by atoms with van der Waals surface area (Å²) in [6.07, 6.45) is 1.47. The number of carbonyl (C=O) groups excluding carboxylic acids is 1. The number of sulfonamides is 1.